The Morgan fingerprint density at radius 2 is 2.06 bits per heavy atom. The lowest BCUT2D eigenvalue weighted by Crippen LogP contribution is -2.30. The summed E-state index contributed by atoms with van der Waals surface area (Å²) in [5.41, 5.74) is 1.15. The van der Waals surface area contributed by atoms with Crippen LogP contribution in [-0.4, -0.2) is 24.6 Å². The number of pyridine rings is 1. The topological polar surface area (TPSA) is 28.2 Å². The zero-order chi connectivity index (χ0) is 11.9. The van der Waals surface area contributed by atoms with Crippen LogP contribution >= 0.6 is 0 Å². The zero-order valence-electron chi connectivity index (χ0n) is 10.8. The molecule has 17 heavy (non-hydrogen) atoms. The summed E-state index contributed by atoms with van der Waals surface area (Å²) in [6.45, 7) is 6.47. The van der Waals surface area contributed by atoms with Crippen molar-refractivity contribution < 1.29 is 0 Å². The highest BCUT2D eigenvalue weighted by Gasteiger charge is 2.11. The molecule has 2 rings (SSSR count). The molecule has 0 amide bonds. The van der Waals surface area contributed by atoms with Crippen molar-refractivity contribution >= 4 is 5.82 Å². The van der Waals surface area contributed by atoms with Crippen LogP contribution in [0.5, 0.6) is 0 Å². The van der Waals surface area contributed by atoms with Gasteiger partial charge < -0.3 is 10.2 Å². The van der Waals surface area contributed by atoms with E-state index in [0.29, 0.717) is 0 Å². The molecule has 1 aromatic rings. The summed E-state index contributed by atoms with van der Waals surface area (Å²) in [5.74, 6) is 1.15. The molecule has 0 atom stereocenters. The minimum absolute atomic E-state index is 0.884. The molecule has 0 aromatic carbocycles. The number of hydrogen-bond donors (Lipinski definition) is 1. The van der Waals surface area contributed by atoms with E-state index >= 15 is 0 Å². The van der Waals surface area contributed by atoms with Crippen molar-refractivity contribution in [2.45, 2.75) is 39.2 Å². The molecule has 1 N–H and O–H groups in total. The molecule has 3 nitrogen and oxygen atoms in total. The first-order valence-electron chi connectivity index (χ1n) is 6.82. The van der Waals surface area contributed by atoms with Gasteiger partial charge in [-0.1, -0.05) is 13.0 Å². The maximum atomic E-state index is 4.73. The molecule has 1 aliphatic rings. The predicted molar refractivity (Wildman–Crippen MR) is 72.3 cm³/mol. The summed E-state index contributed by atoms with van der Waals surface area (Å²) in [5, 5.41) is 3.40. The summed E-state index contributed by atoms with van der Waals surface area (Å²) in [4.78, 5) is 7.14. The summed E-state index contributed by atoms with van der Waals surface area (Å²) in [6.07, 6.45) is 5.15. The lowest BCUT2D eigenvalue weighted by molar-refractivity contribution is 0.571. The van der Waals surface area contributed by atoms with E-state index in [2.05, 4.69) is 35.3 Å². The van der Waals surface area contributed by atoms with Crippen molar-refractivity contribution in [1.29, 1.82) is 0 Å². The molecule has 0 saturated carbocycles. The fourth-order valence-corrected chi connectivity index (χ4v) is 2.26. The standard InChI is InChI=1S/C14H23N3/c1-2-9-15-12-13-7-6-8-14(16-13)17-10-4-3-5-11-17/h6-8,15H,2-5,9-12H2,1H3. The first-order valence-corrected chi connectivity index (χ1v) is 6.82. The van der Waals surface area contributed by atoms with E-state index in [9.17, 15) is 0 Å². The monoisotopic (exact) mass is 233 g/mol. The maximum absolute atomic E-state index is 4.73. The Kier molecular flexibility index (Phi) is 4.80. The first kappa shape index (κ1) is 12.4. The van der Waals surface area contributed by atoms with Crippen LogP contribution < -0.4 is 10.2 Å². The Hall–Kier alpha value is -1.09. The Bertz CT molecular complexity index is 332. The van der Waals surface area contributed by atoms with E-state index in [1.54, 1.807) is 0 Å². The first-order chi connectivity index (χ1) is 8.40. The zero-order valence-corrected chi connectivity index (χ0v) is 10.8. The highest BCUT2D eigenvalue weighted by atomic mass is 15.2. The average Bonchev–Trinajstić information content (AvgIpc) is 2.41. The lowest BCUT2D eigenvalue weighted by Gasteiger charge is -2.28. The van der Waals surface area contributed by atoms with Gasteiger partial charge in [0.2, 0.25) is 0 Å². The Morgan fingerprint density at radius 1 is 1.24 bits per heavy atom. The molecule has 1 aromatic heterocycles. The van der Waals surface area contributed by atoms with E-state index in [4.69, 9.17) is 4.98 Å². The number of anilines is 1. The van der Waals surface area contributed by atoms with Gasteiger partial charge in [-0.2, -0.15) is 0 Å². The van der Waals surface area contributed by atoms with Crippen molar-refractivity contribution in [3.8, 4) is 0 Å². The van der Waals surface area contributed by atoms with Crippen molar-refractivity contribution in [3.05, 3.63) is 23.9 Å². The highest BCUT2D eigenvalue weighted by molar-refractivity contribution is 5.39. The third-order valence-corrected chi connectivity index (χ3v) is 3.21. The van der Waals surface area contributed by atoms with E-state index in [-0.39, 0.29) is 0 Å². The molecule has 0 radical (unpaired) electrons. The summed E-state index contributed by atoms with van der Waals surface area (Å²) < 4.78 is 0. The quantitative estimate of drug-likeness (QED) is 0.792. The molecule has 1 aliphatic heterocycles. The normalized spacial score (nSPS) is 16.2. The van der Waals surface area contributed by atoms with Crippen LogP contribution in [0.15, 0.2) is 18.2 Å². The third kappa shape index (κ3) is 3.70. The highest BCUT2D eigenvalue weighted by Crippen LogP contribution is 2.17. The minimum atomic E-state index is 0.884. The number of nitrogens with zero attached hydrogens (tertiary/aromatic N) is 2. The molecule has 0 unspecified atom stereocenters. The molecule has 0 spiro atoms. The van der Waals surface area contributed by atoms with Crippen molar-refractivity contribution in [2.24, 2.45) is 0 Å². The van der Waals surface area contributed by atoms with Gasteiger partial charge in [-0.15, -0.1) is 0 Å². The van der Waals surface area contributed by atoms with Crippen LogP contribution in [0.3, 0.4) is 0 Å². The predicted octanol–water partition coefficient (Wildman–Crippen LogP) is 2.57. The van der Waals surface area contributed by atoms with E-state index in [0.717, 1.165) is 24.6 Å². The van der Waals surface area contributed by atoms with Crippen LogP contribution in [0.1, 0.15) is 38.3 Å². The lowest BCUT2D eigenvalue weighted by atomic mass is 10.1. The van der Waals surface area contributed by atoms with Crippen LogP contribution in [0.25, 0.3) is 0 Å². The van der Waals surface area contributed by atoms with Crippen molar-refractivity contribution in [2.75, 3.05) is 24.5 Å². The summed E-state index contributed by atoms with van der Waals surface area (Å²) >= 11 is 0. The number of rotatable bonds is 5. The third-order valence-electron chi connectivity index (χ3n) is 3.21. The van der Waals surface area contributed by atoms with Gasteiger partial charge in [0.15, 0.2) is 0 Å². The second-order valence-electron chi connectivity index (χ2n) is 4.71. The van der Waals surface area contributed by atoms with E-state index < -0.39 is 0 Å². The smallest absolute Gasteiger partial charge is 0.128 e. The Labute approximate surface area is 104 Å². The SMILES string of the molecule is CCCNCc1cccc(N2CCCCC2)n1. The van der Waals surface area contributed by atoms with Crippen molar-refractivity contribution in [3.63, 3.8) is 0 Å². The molecule has 94 valence electrons. The molecule has 0 aliphatic carbocycles. The summed E-state index contributed by atoms with van der Waals surface area (Å²) in [7, 11) is 0. The molecule has 1 fully saturated rings. The minimum Gasteiger partial charge on any atom is -0.357 e. The Morgan fingerprint density at radius 3 is 2.82 bits per heavy atom. The van der Waals surface area contributed by atoms with Crippen LogP contribution in [0.2, 0.25) is 0 Å². The second-order valence-corrected chi connectivity index (χ2v) is 4.71. The van der Waals surface area contributed by atoms with Gasteiger partial charge in [0.05, 0.1) is 5.69 Å². The maximum Gasteiger partial charge on any atom is 0.128 e. The van der Waals surface area contributed by atoms with Gasteiger partial charge in [-0.25, -0.2) is 4.98 Å². The molecule has 0 bridgehead atoms. The second kappa shape index (κ2) is 6.60. The van der Waals surface area contributed by atoms with E-state index in [1.807, 2.05) is 0 Å². The van der Waals surface area contributed by atoms with Crippen LogP contribution in [-0.2, 0) is 6.54 Å². The van der Waals surface area contributed by atoms with Gasteiger partial charge in [-0.05, 0) is 44.4 Å². The van der Waals surface area contributed by atoms with Crippen LogP contribution in [0.4, 0.5) is 5.82 Å². The van der Waals surface area contributed by atoms with E-state index in [1.165, 1.54) is 38.8 Å². The van der Waals surface area contributed by atoms with Gasteiger partial charge in [-0.3, -0.25) is 0 Å². The number of nitrogens with one attached hydrogen (secondary N) is 1. The largest absolute Gasteiger partial charge is 0.357 e. The van der Waals surface area contributed by atoms with Crippen LogP contribution in [0, 0.1) is 0 Å². The fraction of sp³-hybridized carbons (Fsp3) is 0.643. The molecular formula is C14H23N3. The number of aromatic nitrogens is 1. The molecule has 1 saturated heterocycles. The number of piperidine rings is 1. The van der Waals surface area contributed by atoms with Gasteiger partial charge in [0.1, 0.15) is 5.82 Å². The summed E-state index contributed by atoms with van der Waals surface area (Å²) in [6, 6.07) is 6.37. The Balaban J connectivity index is 1.95. The van der Waals surface area contributed by atoms with Gasteiger partial charge in [0, 0.05) is 19.6 Å². The molecule has 3 heteroatoms. The number of hydrogen-bond acceptors (Lipinski definition) is 3. The fourth-order valence-electron chi connectivity index (χ4n) is 2.26. The molecule has 2 heterocycles. The molecular weight excluding hydrogens is 210 g/mol. The van der Waals surface area contributed by atoms with Crippen molar-refractivity contribution in [1.82, 2.24) is 10.3 Å². The average molecular weight is 233 g/mol. The van der Waals surface area contributed by atoms with Gasteiger partial charge >= 0.3 is 0 Å². The van der Waals surface area contributed by atoms with Gasteiger partial charge in [0.25, 0.3) is 0 Å².